The molecular weight excluding hydrogens is 319 g/mol. The highest BCUT2D eigenvalue weighted by atomic mass is 35.5. The van der Waals surface area contributed by atoms with Crippen LogP contribution < -0.4 is 10.1 Å². The molecule has 0 radical (unpaired) electrons. The second-order valence-electron chi connectivity index (χ2n) is 4.49. The molecule has 0 heterocycles. The van der Waals surface area contributed by atoms with E-state index in [4.69, 9.17) is 16.3 Å². The molecule has 1 amide bonds. The molecule has 2 rings (SSSR count). The summed E-state index contributed by atoms with van der Waals surface area (Å²) >= 11 is 5.91. The zero-order chi connectivity index (χ0) is 16.8. The summed E-state index contributed by atoms with van der Waals surface area (Å²) in [6.07, 6.45) is 1.33. The zero-order valence-corrected chi connectivity index (χ0v) is 12.9. The van der Waals surface area contributed by atoms with Gasteiger partial charge < -0.3 is 10.1 Å². The lowest BCUT2D eigenvalue weighted by Crippen LogP contribution is -2.14. The fourth-order valence-electron chi connectivity index (χ4n) is 1.87. The van der Waals surface area contributed by atoms with Crippen molar-refractivity contribution in [2.45, 2.75) is 0 Å². The highest BCUT2D eigenvalue weighted by Crippen LogP contribution is 2.25. The van der Waals surface area contributed by atoms with Gasteiger partial charge in [-0.1, -0.05) is 23.7 Å². The number of amides is 1. The number of benzene rings is 2. The van der Waals surface area contributed by atoms with Crippen LogP contribution in [0.4, 0.5) is 10.1 Å². The van der Waals surface area contributed by atoms with Crippen molar-refractivity contribution in [3.63, 3.8) is 0 Å². The van der Waals surface area contributed by atoms with E-state index in [-0.39, 0.29) is 11.3 Å². The first-order valence-electron chi connectivity index (χ1n) is 6.56. The van der Waals surface area contributed by atoms with Crippen LogP contribution in [0.25, 0.3) is 6.08 Å². The van der Waals surface area contributed by atoms with Gasteiger partial charge in [-0.2, -0.15) is 5.26 Å². The summed E-state index contributed by atoms with van der Waals surface area (Å²) in [4.78, 5) is 12.1. The normalized spacial score (nSPS) is 10.8. The molecule has 4 nitrogen and oxygen atoms in total. The molecule has 0 saturated heterocycles. The quantitative estimate of drug-likeness (QED) is 0.680. The molecule has 116 valence electrons. The number of halogens is 2. The molecule has 0 aliphatic heterocycles. The number of para-hydroxylation sites is 1. The van der Waals surface area contributed by atoms with Crippen LogP contribution in [0.15, 0.2) is 48.0 Å². The van der Waals surface area contributed by atoms with Crippen molar-refractivity contribution in [3.8, 4) is 11.8 Å². The van der Waals surface area contributed by atoms with Crippen LogP contribution in [0.3, 0.4) is 0 Å². The van der Waals surface area contributed by atoms with Gasteiger partial charge >= 0.3 is 0 Å². The van der Waals surface area contributed by atoms with Gasteiger partial charge in [-0.3, -0.25) is 4.79 Å². The molecule has 0 bridgehead atoms. The lowest BCUT2D eigenvalue weighted by Gasteiger charge is -2.07. The number of ether oxygens (including phenoxy) is 1. The monoisotopic (exact) mass is 330 g/mol. The second-order valence-corrected chi connectivity index (χ2v) is 4.93. The number of hydrogen-bond donors (Lipinski definition) is 1. The maximum Gasteiger partial charge on any atom is 0.266 e. The maximum absolute atomic E-state index is 13.6. The van der Waals surface area contributed by atoms with Crippen molar-refractivity contribution >= 4 is 29.3 Å². The third kappa shape index (κ3) is 4.09. The Labute approximate surface area is 137 Å². The summed E-state index contributed by atoms with van der Waals surface area (Å²) in [5.74, 6) is -0.848. The molecular formula is C17H12ClFN2O2. The van der Waals surface area contributed by atoms with Crippen molar-refractivity contribution in [1.82, 2.24) is 0 Å². The van der Waals surface area contributed by atoms with Crippen LogP contribution in [-0.4, -0.2) is 13.0 Å². The van der Waals surface area contributed by atoms with Crippen LogP contribution in [-0.2, 0) is 4.79 Å². The third-order valence-corrected chi connectivity index (χ3v) is 3.21. The van der Waals surface area contributed by atoms with E-state index in [1.165, 1.54) is 31.4 Å². The van der Waals surface area contributed by atoms with Crippen molar-refractivity contribution in [2.75, 3.05) is 12.4 Å². The van der Waals surface area contributed by atoms with E-state index in [1.807, 2.05) is 0 Å². The van der Waals surface area contributed by atoms with Gasteiger partial charge in [0.1, 0.15) is 23.2 Å². The Bertz CT molecular complexity index is 812. The predicted octanol–water partition coefficient (Wildman–Crippen LogP) is 4.03. The number of methoxy groups -OCH3 is 1. The van der Waals surface area contributed by atoms with Crippen LogP contribution in [0, 0.1) is 17.1 Å². The first kappa shape index (κ1) is 16.5. The van der Waals surface area contributed by atoms with E-state index in [0.717, 1.165) is 0 Å². The largest absolute Gasteiger partial charge is 0.496 e. The zero-order valence-electron chi connectivity index (χ0n) is 12.1. The van der Waals surface area contributed by atoms with Crippen LogP contribution in [0.1, 0.15) is 5.56 Å². The van der Waals surface area contributed by atoms with Crippen molar-refractivity contribution in [2.24, 2.45) is 0 Å². The molecule has 2 aromatic carbocycles. The molecule has 6 heteroatoms. The van der Waals surface area contributed by atoms with Gasteiger partial charge in [0.2, 0.25) is 0 Å². The summed E-state index contributed by atoms with van der Waals surface area (Å²) in [7, 11) is 1.46. The number of carbonyl (C=O) groups excluding carboxylic acids is 1. The Hall–Kier alpha value is -2.84. The molecule has 0 aliphatic rings. The SMILES string of the molecule is COc1ccc(Cl)cc1/C=C(\C#N)C(=O)Nc1ccccc1F. The third-order valence-electron chi connectivity index (χ3n) is 2.98. The number of rotatable bonds is 4. The summed E-state index contributed by atoms with van der Waals surface area (Å²) in [6.45, 7) is 0. The lowest BCUT2D eigenvalue weighted by molar-refractivity contribution is -0.112. The fourth-order valence-corrected chi connectivity index (χ4v) is 2.05. The number of nitrogens with zero attached hydrogens (tertiary/aromatic N) is 1. The molecule has 0 aromatic heterocycles. The molecule has 0 atom stereocenters. The fraction of sp³-hybridized carbons (Fsp3) is 0.0588. The Morgan fingerprint density at radius 3 is 2.74 bits per heavy atom. The average molecular weight is 331 g/mol. The van der Waals surface area contributed by atoms with Crippen LogP contribution in [0.2, 0.25) is 5.02 Å². The van der Waals surface area contributed by atoms with Gasteiger partial charge in [0.05, 0.1) is 12.8 Å². The minimum atomic E-state index is -0.723. The average Bonchev–Trinajstić information content (AvgIpc) is 2.54. The number of nitriles is 1. The first-order valence-corrected chi connectivity index (χ1v) is 6.94. The van der Waals surface area contributed by atoms with E-state index in [9.17, 15) is 14.4 Å². The minimum Gasteiger partial charge on any atom is -0.496 e. The van der Waals surface area contributed by atoms with Crippen molar-refractivity contribution in [3.05, 3.63) is 64.4 Å². The number of carbonyl (C=O) groups is 1. The van der Waals surface area contributed by atoms with Gasteiger partial charge in [-0.15, -0.1) is 0 Å². The van der Waals surface area contributed by atoms with Gasteiger partial charge in [-0.25, -0.2) is 4.39 Å². The standard InChI is InChI=1S/C17H12ClFN2O2/c1-23-16-7-6-13(18)9-11(16)8-12(10-20)17(22)21-15-5-3-2-4-14(15)19/h2-9H,1H3,(H,21,22)/b12-8+. The van der Waals surface area contributed by atoms with Crippen LogP contribution in [0.5, 0.6) is 5.75 Å². The van der Waals surface area contributed by atoms with Gasteiger partial charge in [0.25, 0.3) is 5.91 Å². The number of anilines is 1. The summed E-state index contributed by atoms with van der Waals surface area (Å²) in [6, 6.07) is 12.3. The molecule has 0 aliphatic carbocycles. The minimum absolute atomic E-state index is 0.00305. The van der Waals surface area contributed by atoms with Crippen molar-refractivity contribution in [1.29, 1.82) is 5.26 Å². The molecule has 23 heavy (non-hydrogen) atoms. The van der Waals surface area contributed by atoms with Crippen LogP contribution >= 0.6 is 11.6 Å². The highest BCUT2D eigenvalue weighted by molar-refractivity contribution is 6.30. The van der Waals surface area contributed by atoms with E-state index in [0.29, 0.717) is 16.3 Å². The lowest BCUT2D eigenvalue weighted by atomic mass is 10.1. The highest BCUT2D eigenvalue weighted by Gasteiger charge is 2.13. The maximum atomic E-state index is 13.6. The molecule has 0 spiro atoms. The number of hydrogen-bond acceptors (Lipinski definition) is 3. The predicted molar refractivity (Wildman–Crippen MR) is 86.6 cm³/mol. The summed E-state index contributed by atoms with van der Waals surface area (Å²) < 4.78 is 18.7. The second kappa shape index (κ2) is 7.43. The molecule has 0 saturated carbocycles. The first-order chi connectivity index (χ1) is 11.0. The van der Waals surface area contributed by atoms with E-state index in [2.05, 4.69) is 5.32 Å². The smallest absolute Gasteiger partial charge is 0.266 e. The molecule has 1 N–H and O–H groups in total. The van der Waals surface area contributed by atoms with Gasteiger partial charge in [0.15, 0.2) is 0 Å². The van der Waals surface area contributed by atoms with E-state index >= 15 is 0 Å². The van der Waals surface area contributed by atoms with Gasteiger partial charge in [-0.05, 0) is 36.4 Å². The Kier molecular flexibility index (Phi) is 5.34. The molecule has 0 unspecified atom stereocenters. The molecule has 0 fully saturated rings. The van der Waals surface area contributed by atoms with Crippen molar-refractivity contribution < 1.29 is 13.9 Å². The summed E-state index contributed by atoms with van der Waals surface area (Å²) in [5.41, 5.74) is 0.269. The molecule has 2 aromatic rings. The Morgan fingerprint density at radius 2 is 2.09 bits per heavy atom. The number of nitrogens with one attached hydrogen (secondary N) is 1. The van der Waals surface area contributed by atoms with Gasteiger partial charge in [0, 0.05) is 10.6 Å². The Morgan fingerprint density at radius 1 is 1.35 bits per heavy atom. The Balaban J connectivity index is 2.33. The van der Waals surface area contributed by atoms with E-state index in [1.54, 1.807) is 30.3 Å². The topological polar surface area (TPSA) is 62.1 Å². The van der Waals surface area contributed by atoms with E-state index < -0.39 is 11.7 Å². The summed E-state index contributed by atoms with van der Waals surface area (Å²) in [5, 5.41) is 12.0.